The topological polar surface area (TPSA) is 93.4 Å². The van der Waals surface area contributed by atoms with Crippen molar-refractivity contribution in [1.29, 1.82) is 5.26 Å². The molecule has 0 amide bonds. The zero-order valence-corrected chi connectivity index (χ0v) is 10.5. The standard InChI is InChI=1S/C14H16N2O3/c15-8-9-1-6-13(12(7-9)14(18)19)16-10-2-4-11(17)5-3-10/h1,6-7,10-11,16-17H,2-5H2,(H,18,19). The molecule has 2 rings (SSSR count). The molecule has 0 bridgehead atoms. The number of carboxylic acid groups (broad SMARTS) is 1. The molecule has 0 saturated heterocycles. The Morgan fingerprint density at radius 1 is 1.32 bits per heavy atom. The first kappa shape index (κ1) is 13.4. The highest BCUT2D eigenvalue weighted by atomic mass is 16.4. The molecule has 1 aromatic rings. The van der Waals surface area contributed by atoms with Gasteiger partial charge in [0.15, 0.2) is 0 Å². The summed E-state index contributed by atoms with van der Waals surface area (Å²) in [7, 11) is 0. The van der Waals surface area contributed by atoms with E-state index in [1.54, 1.807) is 12.1 Å². The molecule has 3 N–H and O–H groups in total. The van der Waals surface area contributed by atoms with Crippen LogP contribution in [-0.4, -0.2) is 28.3 Å². The molecule has 1 aliphatic rings. The normalized spacial score (nSPS) is 22.5. The minimum Gasteiger partial charge on any atom is -0.478 e. The summed E-state index contributed by atoms with van der Waals surface area (Å²) in [4.78, 5) is 11.2. The highest BCUT2D eigenvalue weighted by Crippen LogP contribution is 2.25. The van der Waals surface area contributed by atoms with Crippen LogP contribution in [-0.2, 0) is 0 Å². The smallest absolute Gasteiger partial charge is 0.337 e. The van der Waals surface area contributed by atoms with Crippen LogP contribution in [0.25, 0.3) is 0 Å². The Kier molecular flexibility index (Phi) is 4.03. The Morgan fingerprint density at radius 2 is 2.00 bits per heavy atom. The molecular formula is C14H16N2O3. The third-order valence-corrected chi connectivity index (χ3v) is 3.44. The van der Waals surface area contributed by atoms with Crippen molar-refractivity contribution in [2.45, 2.75) is 37.8 Å². The van der Waals surface area contributed by atoms with Crippen LogP contribution in [0.15, 0.2) is 18.2 Å². The molecule has 100 valence electrons. The molecule has 1 fully saturated rings. The molecular weight excluding hydrogens is 244 g/mol. The van der Waals surface area contributed by atoms with Crippen molar-refractivity contribution in [3.63, 3.8) is 0 Å². The fraction of sp³-hybridized carbons (Fsp3) is 0.429. The third kappa shape index (κ3) is 3.24. The highest BCUT2D eigenvalue weighted by molar-refractivity contribution is 5.94. The van der Waals surface area contributed by atoms with Crippen molar-refractivity contribution in [1.82, 2.24) is 0 Å². The molecule has 0 atom stereocenters. The van der Waals surface area contributed by atoms with E-state index in [1.165, 1.54) is 6.07 Å². The largest absolute Gasteiger partial charge is 0.478 e. The summed E-state index contributed by atoms with van der Waals surface area (Å²) in [5.74, 6) is -1.05. The highest BCUT2D eigenvalue weighted by Gasteiger charge is 2.21. The molecule has 0 aromatic heterocycles. The van der Waals surface area contributed by atoms with Gasteiger partial charge in [-0.15, -0.1) is 0 Å². The second-order valence-corrected chi connectivity index (χ2v) is 4.83. The second kappa shape index (κ2) is 5.72. The maximum absolute atomic E-state index is 11.2. The van der Waals surface area contributed by atoms with Crippen molar-refractivity contribution >= 4 is 11.7 Å². The summed E-state index contributed by atoms with van der Waals surface area (Å²) >= 11 is 0. The van der Waals surface area contributed by atoms with Crippen molar-refractivity contribution in [2.75, 3.05) is 5.32 Å². The van der Waals surface area contributed by atoms with Gasteiger partial charge in [0.2, 0.25) is 0 Å². The summed E-state index contributed by atoms with van der Waals surface area (Å²) in [6.45, 7) is 0. The number of rotatable bonds is 3. The molecule has 1 aliphatic carbocycles. The van der Waals surface area contributed by atoms with Gasteiger partial charge in [-0.3, -0.25) is 0 Å². The lowest BCUT2D eigenvalue weighted by Gasteiger charge is -2.27. The van der Waals surface area contributed by atoms with Crippen LogP contribution in [0.2, 0.25) is 0 Å². The van der Waals surface area contributed by atoms with Gasteiger partial charge in [0, 0.05) is 11.7 Å². The average molecular weight is 260 g/mol. The number of carbonyl (C=O) groups is 1. The zero-order valence-electron chi connectivity index (χ0n) is 10.5. The summed E-state index contributed by atoms with van der Waals surface area (Å²) in [6, 6.07) is 6.72. The number of aliphatic hydroxyl groups excluding tert-OH is 1. The molecule has 5 nitrogen and oxygen atoms in total. The van der Waals surface area contributed by atoms with Crippen LogP contribution in [0.3, 0.4) is 0 Å². The predicted octanol–water partition coefficient (Wildman–Crippen LogP) is 1.97. The van der Waals surface area contributed by atoms with E-state index in [1.807, 2.05) is 6.07 Å². The third-order valence-electron chi connectivity index (χ3n) is 3.44. The van der Waals surface area contributed by atoms with Gasteiger partial charge in [0.05, 0.1) is 23.3 Å². The van der Waals surface area contributed by atoms with Gasteiger partial charge >= 0.3 is 5.97 Å². The van der Waals surface area contributed by atoms with Crippen LogP contribution < -0.4 is 5.32 Å². The summed E-state index contributed by atoms with van der Waals surface area (Å²) in [5.41, 5.74) is 0.986. The fourth-order valence-electron chi connectivity index (χ4n) is 2.36. The lowest BCUT2D eigenvalue weighted by Crippen LogP contribution is -2.28. The molecule has 0 unspecified atom stereocenters. The number of nitrogens with zero attached hydrogens (tertiary/aromatic N) is 1. The number of benzene rings is 1. The Balaban J connectivity index is 2.16. The number of nitrogens with one attached hydrogen (secondary N) is 1. The summed E-state index contributed by atoms with van der Waals surface area (Å²) in [6.07, 6.45) is 2.87. The molecule has 0 aliphatic heterocycles. The molecule has 5 heteroatoms. The van der Waals surface area contributed by atoms with E-state index in [9.17, 15) is 9.90 Å². The molecule has 0 heterocycles. The van der Waals surface area contributed by atoms with Crippen LogP contribution in [0.5, 0.6) is 0 Å². The van der Waals surface area contributed by atoms with Gasteiger partial charge in [0.25, 0.3) is 0 Å². The number of carboxylic acids is 1. The summed E-state index contributed by atoms with van der Waals surface area (Å²) < 4.78 is 0. The monoisotopic (exact) mass is 260 g/mol. The Hall–Kier alpha value is -2.06. The van der Waals surface area contributed by atoms with E-state index in [2.05, 4.69) is 5.32 Å². The van der Waals surface area contributed by atoms with E-state index in [0.717, 1.165) is 25.7 Å². The number of hydrogen-bond acceptors (Lipinski definition) is 4. The van der Waals surface area contributed by atoms with Gasteiger partial charge in [-0.2, -0.15) is 5.26 Å². The minimum absolute atomic E-state index is 0.116. The number of anilines is 1. The van der Waals surface area contributed by atoms with E-state index in [-0.39, 0.29) is 17.7 Å². The van der Waals surface area contributed by atoms with Gasteiger partial charge in [-0.25, -0.2) is 4.79 Å². The number of aromatic carboxylic acids is 1. The first-order valence-corrected chi connectivity index (χ1v) is 6.32. The second-order valence-electron chi connectivity index (χ2n) is 4.83. The van der Waals surface area contributed by atoms with Crippen molar-refractivity contribution in [3.8, 4) is 6.07 Å². The van der Waals surface area contributed by atoms with E-state index in [0.29, 0.717) is 11.3 Å². The minimum atomic E-state index is -1.05. The van der Waals surface area contributed by atoms with Crippen molar-refractivity contribution in [3.05, 3.63) is 29.3 Å². The van der Waals surface area contributed by atoms with Crippen molar-refractivity contribution in [2.24, 2.45) is 0 Å². The number of nitriles is 1. The number of hydrogen-bond donors (Lipinski definition) is 3. The molecule has 0 spiro atoms. The fourth-order valence-corrected chi connectivity index (χ4v) is 2.36. The quantitative estimate of drug-likeness (QED) is 0.772. The Bertz CT molecular complexity index is 514. The van der Waals surface area contributed by atoms with Gasteiger partial charge in [0.1, 0.15) is 0 Å². The maximum atomic E-state index is 11.2. The first-order valence-electron chi connectivity index (χ1n) is 6.32. The zero-order chi connectivity index (χ0) is 13.8. The van der Waals surface area contributed by atoms with Crippen molar-refractivity contribution < 1.29 is 15.0 Å². The van der Waals surface area contributed by atoms with Crippen LogP contribution >= 0.6 is 0 Å². The van der Waals surface area contributed by atoms with E-state index < -0.39 is 5.97 Å². The lowest BCUT2D eigenvalue weighted by molar-refractivity contribution is 0.0697. The van der Waals surface area contributed by atoms with Crippen LogP contribution in [0.4, 0.5) is 5.69 Å². The van der Waals surface area contributed by atoms with Crippen LogP contribution in [0, 0.1) is 11.3 Å². The van der Waals surface area contributed by atoms with Crippen LogP contribution in [0.1, 0.15) is 41.6 Å². The maximum Gasteiger partial charge on any atom is 0.337 e. The first-order chi connectivity index (χ1) is 9.10. The Morgan fingerprint density at radius 3 is 2.58 bits per heavy atom. The SMILES string of the molecule is N#Cc1ccc(NC2CCC(O)CC2)c(C(=O)O)c1. The number of aliphatic hydroxyl groups is 1. The molecule has 1 saturated carbocycles. The predicted molar refractivity (Wildman–Crippen MR) is 70.0 cm³/mol. The lowest BCUT2D eigenvalue weighted by atomic mass is 9.92. The summed E-state index contributed by atoms with van der Waals surface area (Å²) in [5, 5.41) is 30.6. The molecule has 19 heavy (non-hydrogen) atoms. The average Bonchev–Trinajstić information content (AvgIpc) is 2.41. The van der Waals surface area contributed by atoms with Gasteiger partial charge in [-0.05, 0) is 43.9 Å². The van der Waals surface area contributed by atoms with E-state index in [4.69, 9.17) is 10.4 Å². The Labute approximate surface area is 111 Å². The van der Waals surface area contributed by atoms with Gasteiger partial charge in [-0.1, -0.05) is 0 Å². The molecule has 1 aromatic carbocycles. The van der Waals surface area contributed by atoms with Gasteiger partial charge < -0.3 is 15.5 Å². The molecule has 0 radical (unpaired) electrons. The van der Waals surface area contributed by atoms with E-state index >= 15 is 0 Å².